The second kappa shape index (κ2) is 74.3. The Labute approximate surface area is 607 Å². The fourth-order valence-electron chi connectivity index (χ4n) is 12.5. The van der Waals surface area contributed by atoms with Crippen LogP contribution in [0.15, 0.2) is 0 Å². The minimum absolute atomic E-state index is 0.107. The summed E-state index contributed by atoms with van der Waals surface area (Å²) in [5.74, 6) is -2.11. The van der Waals surface area contributed by atoms with E-state index in [1.807, 2.05) is 0 Å². The molecule has 0 bridgehead atoms. The molecule has 0 saturated carbocycles. The van der Waals surface area contributed by atoms with Crippen LogP contribution in [0.1, 0.15) is 432 Å². The van der Waals surface area contributed by atoms with E-state index in [2.05, 4.69) is 27.7 Å². The Balaban J connectivity index is 5.17. The van der Waals surface area contributed by atoms with Crippen LogP contribution < -0.4 is 0 Å². The minimum atomic E-state index is -4.96. The first-order valence-electron chi connectivity index (χ1n) is 41.8. The molecule has 0 saturated heterocycles. The standard InChI is InChI=1S/C80H156O17P2/c1-5-9-13-17-21-25-29-31-33-35-36-37-38-39-41-43-45-47-51-55-59-63-67-80(85)97-76(71-91-78(83)65-61-57-53-50-46-44-42-40-34-32-30-26-22-18-14-10-6-2)73-95-99(88,89)93-69-74(81)68-92-98(86,87)94-72-75(96-79(84)66-62-58-54-49-28-24-20-16-12-8-4)70-90-77(82)64-60-56-52-48-27-23-19-15-11-7-3/h74-76,81H,5-73H2,1-4H3,(H,86,87)(H,88,89)/t74-,75+,76+/m0/s1. The lowest BCUT2D eigenvalue weighted by Crippen LogP contribution is -2.30. The molecule has 17 nitrogen and oxygen atoms in total. The molecule has 0 aliphatic heterocycles. The monoisotopic (exact) mass is 1450 g/mol. The van der Waals surface area contributed by atoms with Crippen molar-refractivity contribution in [2.45, 2.75) is 451 Å². The van der Waals surface area contributed by atoms with Crippen LogP contribution in [0.4, 0.5) is 0 Å². The van der Waals surface area contributed by atoms with Crippen molar-refractivity contribution in [3.05, 3.63) is 0 Å². The van der Waals surface area contributed by atoms with Gasteiger partial charge in [0.15, 0.2) is 12.2 Å². The van der Waals surface area contributed by atoms with Gasteiger partial charge in [-0.15, -0.1) is 0 Å². The number of carbonyl (C=O) groups excluding carboxylic acids is 4. The van der Waals surface area contributed by atoms with Gasteiger partial charge in [0, 0.05) is 25.7 Å². The lowest BCUT2D eigenvalue weighted by atomic mass is 10.0. The van der Waals surface area contributed by atoms with Crippen LogP contribution in [-0.4, -0.2) is 96.7 Å². The molecule has 0 fully saturated rings. The second-order valence-corrected chi connectivity index (χ2v) is 31.7. The quantitative estimate of drug-likeness (QED) is 0.0222. The van der Waals surface area contributed by atoms with Crippen LogP contribution in [0.25, 0.3) is 0 Å². The molecule has 19 heteroatoms. The van der Waals surface area contributed by atoms with Crippen molar-refractivity contribution in [1.29, 1.82) is 0 Å². The number of esters is 4. The van der Waals surface area contributed by atoms with Gasteiger partial charge in [-0.3, -0.25) is 37.3 Å². The average molecular weight is 1450 g/mol. The smallest absolute Gasteiger partial charge is 0.462 e. The van der Waals surface area contributed by atoms with Crippen LogP contribution in [0.5, 0.6) is 0 Å². The fraction of sp³-hybridized carbons (Fsp3) is 0.950. The fourth-order valence-corrected chi connectivity index (χ4v) is 14.0. The Bertz CT molecular complexity index is 1880. The third-order valence-corrected chi connectivity index (χ3v) is 20.8. The highest BCUT2D eigenvalue weighted by molar-refractivity contribution is 7.47. The van der Waals surface area contributed by atoms with Crippen LogP contribution >= 0.6 is 15.6 Å². The second-order valence-electron chi connectivity index (χ2n) is 28.8. The van der Waals surface area contributed by atoms with E-state index >= 15 is 0 Å². The molecule has 0 aromatic heterocycles. The van der Waals surface area contributed by atoms with Gasteiger partial charge in [0.2, 0.25) is 0 Å². The van der Waals surface area contributed by atoms with Crippen molar-refractivity contribution in [2.75, 3.05) is 39.6 Å². The molecule has 0 rings (SSSR count). The molecule has 0 aromatic rings. The Morgan fingerprint density at radius 3 is 0.596 bits per heavy atom. The molecule has 0 aliphatic rings. The first-order valence-corrected chi connectivity index (χ1v) is 44.8. The Morgan fingerprint density at radius 2 is 0.404 bits per heavy atom. The molecule has 0 aliphatic carbocycles. The van der Waals surface area contributed by atoms with Crippen molar-refractivity contribution < 1.29 is 80.2 Å². The van der Waals surface area contributed by atoms with Gasteiger partial charge in [-0.25, -0.2) is 9.13 Å². The lowest BCUT2D eigenvalue weighted by molar-refractivity contribution is -0.161. The molecule has 0 radical (unpaired) electrons. The molecule has 0 amide bonds. The third kappa shape index (κ3) is 74.1. The van der Waals surface area contributed by atoms with Gasteiger partial charge in [-0.05, 0) is 25.7 Å². The van der Waals surface area contributed by atoms with Crippen LogP contribution in [0, 0.1) is 0 Å². The van der Waals surface area contributed by atoms with Gasteiger partial charge in [-0.1, -0.05) is 381 Å². The van der Waals surface area contributed by atoms with E-state index in [4.69, 9.17) is 37.0 Å². The van der Waals surface area contributed by atoms with Crippen molar-refractivity contribution in [3.8, 4) is 0 Å². The number of aliphatic hydroxyl groups excluding tert-OH is 1. The highest BCUT2D eigenvalue weighted by atomic mass is 31.2. The minimum Gasteiger partial charge on any atom is -0.462 e. The number of ether oxygens (including phenoxy) is 4. The Hall–Kier alpha value is -1.94. The molecule has 99 heavy (non-hydrogen) atoms. The summed E-state index contributed by atoms with van der Waals surface area (Å²) in [5, 5.41) is 10.6. The van der Waals surface area contributed by atoms with Crippen molar-refractivity contribution in [2.24, 2.45) is 0 Å². The van der Waals surface area contributed by atoms with Gasteiger partial charge in [0.25, 0.3) is 0 Å². The summed E-state index contributed by atoms with van der Waals surface area (Å²) >= 11 is 0. The predicted molar refractivity (Wildman–Crippen MR) is 405 cm³/mol. The largest absolute Gasteiger partial charge is 0.472 e. The van der Waals surface area contributed by atoms with Gasteiger partial charge in [0.05, 0.1) is 26.4 Å². The SMILES string of the molecule is CCCCCCCCCCCCCCCCCCCCCCCCC(=O)O[C@H](COC(=O)CCCCCCCCCCCCCCCCCCC)COP(=O)(O)OC[C@@H](O)COP(=O)(O)OC[C@@H](COC(=O)CCCCCCCCCCCC)OC(=O)CCCCCCCCCCCC. The number of aliphatic hydroxyl groups is 1. The van der Waals surface area contributed by atoms with E-state index in [-0.39, 0.29) is 25.7 Å². The highest BCUT2D eigenvalue weighted by Crippen LogP contribution is 2.45. The summed E-state index contributed by atoms with van der Waals surface area (Å²) in [4.78, 5) is 72.9. The number of rotatable bonds is 81. The Morgan fingerprint density at radius 1 is 0.242 bits per heavy atom. The summed E-state index contributed by atoms with van der Waals surface area (Å²) < 4.78 is 68.6. The summed E-state index contributed by atoms with van der Waals surface area (Å²) in [6.07, 6.45) is 66.7. The first-order chi connectivity index (χ1) is 48.2. The topological polar surface area (TPSA) is 237 Å². The highest BCUT2D eigenvalue weighted by Gasteiger charge is 2.30. The van der Waals surface area contributed by atoms with E-state index in [0.29, 0.717) is 25.7 Å². The summed E-state index contributed by atoms with van der Waals surface area (Å²) in [5.41, 5.74) is 0. The van der Waals surface area contributed by atoms with Crippen molar-refractivity contribution in [1.82, 2.24) is 0 Å². The summed E-state index contributed by atoms with van der Waals surface area (Å²) in [6, 6.07) is 0. The molecule has 588 valence electrons. The molecule has 0 aromatic carbocycles. The maximum absolute atomic E-state index is 13.1. The lowest BCUT2D eigenvalue weighted by Gasteiger charge is -2.21. The van der Waals surface area contributed by atoms with E-state index in [1.54, 1.807) is 0 Å². The predicted octanol–water partition coefficient (Wildman–Crippen LogP) is 24.2. The number of phosphoric acid groups is 2. The number of phosphoric ester groups is 2. The first kappa shape index (κ1) is 97.1. The van der Waals surface area contributed by atoms with E-state index in [9.17, 15) is 43.2 Å². The zero-order valence-corrected chi connectivity index (χ0v) is 66.3. The number of carbonyl (C=O) groups is 4. The maximum atomic E-state index is 13.1. The van der Waals surface area contributed by atoms with E-state index in [1.165, 1.54) is 263 Å². The Kier molecular flexibility index (Phi) is 72.9. The molecular formula is C80H156O17P2. The zero-order chi connectivity index (χ0) is 72.5. The van der Waals surface area contributed by atoms with Crippen LogP contribution in [-0.2, 0) is 65.4 Å². The summed E-state index contributed by atoms with van der Waals surface area (Å²) in [7, 11) is -9.91. The number of hydrogen-bond donors (Lipinski definition) is 3. The number of hydrogen-bond acceptors (Lipinski definition) is 15. The van der Waals surface area contributed by atoms with Crippen LogP contribution in [0.3, 0.4) is 0 Å². The summed E-state index contributed by atoms with van der Waals surface area (Å²) in [6.45, 7) is 4.99. The van der Waals surface area contributed by atoms with Crippen LogP contribution in [0.2, 0.25) is 0 Å². The third-order valence-electron chi connectivity index (χ3n) is 18.9. The average Bonchev–Trinajstić information content (AvgIpc) is 1.23. The molecule has 5 atom stereocenters. The molecule has 0 spiro atoms. The zero-order valence-electron chi connectivity index (χ0n) is 64.5. The van der Waals surface area contributed by atoms with E-state index in [0.717, 1.165) is 89.9 Å². The van der Waals surface area contributed by atoms with Gasteiger partial charge in [-0.2, -0.15) is 0 Å². The van der Waals surface area contributed by atoms with Crippen molar-refractivity contribution >= 4 is 39.5 Å². The van der Waals surface area contributed by atoms with Crippen molar-refractivity contribution in [3.63, 3.8) is 0 Å². The maximum Gasteiger partial charge on any atom is 0.472 e. The van der Waals surface area contributed by atoms with Gasteiger partial charge < -0.3 is 33.8 Å². The number of unbranched alkanes of at least 4 members (excludes halogenated alkanes) is 55. The normalized spacial score (nSPS) is 13.8. The van der Waals surface area contributed by atoms with E-state index < -0.39 is 97.5 Å². The molecule has 0 heterocycles. The molecular weight excluding hydrogens is 1290 g/mol. The molecule has 2 unspecified atom stereocenters. The van der Waals surface area contributed by atoms with Gasteiger partial charge in [0.1, 0.15) is 19.3 Å². The van der Waals surface area contributed by atoms with Gasteiger partial charge >= 0.3 is 39.5 Å². The molecule has 3 N–H and O–H groups in total.